The molecular formula is C17H21NO2. The third-order valence-corrected chi connectivity index (χ3v) is 4.32. The van der Waals surface area contributed by atoms with Gasteiger partial charge in [0.05, 0.1) is 0 Å². The highest BCUT2D eigenvalue weighted by Crippen LogP contribution is 2.36. The van der Waals surface area contributed by atoms with Gasteiger partial charge in [0.15, 0.2) is 6.23 Å². The van der Waals surface area contributed by atoms with Crippen LogP contribution in [0.3, 0.4) is 0 Å². The number of nitrogens with zero attached hydrogens (tertiary/aromatic N) is 1. The Morgan fingerprint density at radius 2 is 1.95 bits per heavy atom. The SMILES string of the molecule is CO[C@@H]1C2=C(CCCC2)C(=O)N1CCc1ccccc1. The van der Waals surface area contributed by atoms with Gasteiger partial charge in [-0.3, -0.25) is 4.79 Å². The number of methoxy groups -OCH3 is 1. The molecule has 0 radical (unpaired) electrons. The zero-order chi connectivity index (χ0) is 13.9. The summed E-state index contributed by atoms with van der Waals surface area (Å²) in [7, 11) is 1.71. The standard InChI is InChI=1S/C17H21NO2/c1-20-17-15-10-6-5-9-14(15)16(19)18(17)12-11-13-7-3-2-4-8-13/h2-4,7-8,17H,5-6,9-12H2,1H3/t17-/m1/s1. The number of carbonyl (C=O) groups is 1. The van der Waals surface area contributed by atoms with Crippen LogP contribution in [0.2, 0.25) is 0 Å². The summed E-state index contributed by atoms with van der Waals surface area (Å²) in [6.07, 6.45) is 5.01. The lowest BCUT2D eigenvalue weighted by Gasteiger charge is -2.26. The van der Waals surface area contributed by atoms with E-state index in [2.05, 4.69) is 12.1 Å². The Hall–Kier alpha value is -1.61. The van der Waals surface area contributed by atoms with Crippen LogP contribution >= 0.6 is 0 Å². The third-order valence-electron chi connectivity index (χ3n) is 4.32. The Labute approximate surface area is 120 Å². The van der Waals surface area contributed by atoms with Crippen molar-refractivity contribution < 1.29 is 9.53 Å². The summed E-state index contributed by atoms with van der Waals surface area (Å²) in [4.78, 5) is 14.4. The van der Waals surface area contributed by atoms with Gasteiger partial charge < -0.3 is 9.64 Å². The fourth-order valence-electron chi connectivity index (χ4n) is 3.30. The summed E-state index contributed by atoms with van der Waals surface area (Å²) in [5.41, 5.74) is 3.52. The summed E-state index contributed by atoms with van der Waals surface area (Å²) >= 11 is 0. The number of hydrogen-bond donors (Lipinski definition) is 0. The molecule has 0 bridgehead atoms. The van der Waals surface area contributed by atoms with Gasteiger partial charge >= 0.3 is 0 Å². The summed E-state index contributed by atoms with van der Waals surface area (Å²) in [5.74, 6) is 0.197. The summed E-state index contributed by atoms with van der Waals surface area (Å²) in [5, 5.41) is 0. The first-order valence-corrected chi connectivity index (χ1v) is 7.41. The molecule has 0 aromatic heterocycles. The highest BCUT2D eigenvalue weighted by atomic mass is 16.5. The molecule has 3 heteroatoms. The second-order valence-corrected chi connectivity index (χ2v) is 5.53. The van der Waals surface area contributed by atoms with Gasteiger partial charge in [0, 0.05) is 19.2 Å². The zero-order valence-corrected chi connectivity index (χ0v) is 12.0. The van der Waals surface area contributed by atoms with E-state index in [0.717, 1.165) is 37.8 Å². The van der Waals surface area contributed by atoms with Crippen molar-refractivity contribution in [3.63, 3.8) is 0 Å². The van der Waals surface area contributed by atoms with Gasteiger partial charge in [-0.05, 0) is 43.2 Å². The quantitative estimate of drug-likeness (QED) is 0.842. The first kappa shape index (κ1) is 13.4. The zero-order valence-electron chi connectivity index (χ0n) is 12.0. The first-order valence-electron chi connectivity index (χ1n) is 7.41. The summed E-state index contributed by atoms with van der Waals surface area (Å²) < 4.78 is 5.60. The van der Waals surface area contributed by atoms with Gasteiger partial charge in [-0.25, -0.2) is 0 Å². The van der Waals surface area contributed by atoms with Crippen LogP contribution in [0.15, 0.2) is 41.5 Å². The van der Waals surface area contributed by atoms with Crippen LogP contribution in [0, 0.1) is 0 Å². The maximum absolute atomic E-state index is 12.5. The van der Waals surface area contributed by atoms with Crippen LogP contribution < -0.4 is 0 Å². The van der Waals surface area contributed by atoms with Crippen LogP contribution in [0.5, 0.6) is 0 Å². The highest BCUT2D eigenvalue weighted by Gasteiger charge is 2.39. The van der Waals surface area contributed by atoms with Gasteiger partial charge in [-0.2, -0.15) is 0 Å². The van der Waals surface area contributed by atoms with Crippen molar-refractivity contribution in [1.29, 1.82) is 0 Å². The average Bonchev–Trinajstić information content (AvgIpc) is 2.78. The van der Waals surface area contributed by atoms with Crippen LogP contribution in [-0.2, 0) is 16.0 Å². The van der Waals surface area contributed by atoms with Gasteiger partial charge in [0.1, 0.15) is 0 Å². The molecule has 1 aliphatic carbocycles. The molecule has 1 amide bonds. The summed E-state index contributed by atoms with van der Waals surface area (Å²) in [6, 6.07) is 10.3. The second kappa shape index (κ2) is 5.80. The van der Waals surface area contributed by atoms with Crippen molar-refractivity contribution in [2.75, 3.05) is 13.7 Å². The average molecular weight is 271 g/mol. The maximum Gasteiger partial charge on any atom is 0.252 e. The van der Waals surface area contributed by atoms with E-state index in [1.807, 2.05) is 23.1 Å². The molecule has 0 saturated heterocycles. The van der Waals surface area contributed by atoms with Crippen molar-refractivity contribution in [3.8, 4) is 0 Å². The number of ether oxygens (including phenoxy) is 1. The molecule has 1 heterocycles. The third kappa shape index (κ3) is 2.38. The molecular weight excluding hydrogens is 250 g/mol. The maximum atomic E-state index is 12.5. The van der Waals surface area contributed by atoms with E-state index in [1.165, 1.54) is 17.6 Å². The molecule has 3 nitrogen and oxygen atoms in total. The van der Waals surface area contributed by atoms with Crippen molar-refractivity contribution in [1.82, 2.24) is 4.90 Å². The van der Waals surface area contributed by atoms with Crippen molar-refractivity contribution in [2.45, 2.75) is 38.3 Å². The first-order chi connectivity index (χ1) is 9.81. The molecule has 1 aromatic rings. The fraction of sp³-hybridized carbons (Fsp3) is 0.471. The van der Waals surface area contributed by atoms with E-state index in [1.54, 1.807) is 7.11 Å². The van der Waals surface area contributed by atoms with Gasteiger partial charge in [-0.15, -0.1) is 0 Å². The van der Waals surface area contributed by atoms with Crippen molar-refractivity contribution >= 4 is 5.91 Å². The van der Waals surface area contributed by atoms with E-state index in [-0.39, 0.29) is 12.1 Å². The molecule has 0 fully saturated rings. The predicted octanol–water partition coefficient (Wildman–Crippen LogP) is 2.91. The predicted molar refractivity (Wildman–Crippen MR) is 78.2 cm³/mol. The Kier molecular flexibility index (Phi) is 3.88. The Bertz CT molecular complexity index is 521. The monoisotopic (exact) mass is 271 g/mol. The lowest BCUT2D eigenvalue weighted by molar-refractivity contribution is -0.133. The molecule has 1 aliphatic heterocycles. The highest BCUT2D eigenvalue weighted by molar-refractivity contribution is 5.97. The number of rotatable bonds is 4. The molecule has 1 aromatic carbocycles. The minimum Gasteiger partial charge on any atom is -0.357 e. The fourth-order valence-corrected chi connectivity index (χ4v) is 3.30. The summed E-state index contributed by atoms with van der Waals surface area (Å²) in [6.45, 7) is 0.731. The van der Waals surface area contributed by atoms with E-state index in [4.69, 9.17) is 4.74 Å². The van der Waals surface area contributed by atoms with Crippen molar-refractivity contribution in [2.24, 2.45) is 0 Å². The smallest absolute Gasteiger partial charge is 0.252 e. The number of hydrogen-bond acceptors (Lipinski definition) is 2. The van der Waals surface area contributed by atoms with Crippen LogP contribution in [-0.4, -0.2) is 30.7 Å². The minimum absolute atomic E-state index is 0.124. The topological polar surface area (TPSA) is 29.5 Å². The lowest BCUT2D eigenvalue weighted by atomic mass is 9.93. The molecule has 0 unspecified atom stereocenters. The molecule has 0 N–H and O–H groups in total. The van der Waals surface area contributed by atoms with Gasteiger partial charge in [-0.1, -0.05) is 30.3 Å². The van der Waals surface area contributed by atoms with E-state index >= 15 is 0 Å². The number of carbonyl (C=O) groups excluding carboxylic acids is 1. The van der Waals surface area contributed by atoms with Crippen LogP contribution in [0.1, 0.15) is 31.2 Å². The molecule has 2 aliphatic rings. The molecule has 1 atom stereocenters. The van der Waals surface area contributed by atoms with Crippen LogP contribution in [0.25, 0.3) is 0 Å². The Morgan fingerprint density at radius 3 is 2.70 bits per heavy atom. The normalized spacial score (nSPS) is 22.4. The minimum atomic E-state index is -0.124. The van der Waals surface area contributed by atoms with Gasteiger partial charge in [0.2, 0.25) is 0 Å². The number of amides is 1. The molecule has 20 heavy (non-hydrogen) atoms. The molecule has 0 saturated carbocycles. The van der Waals surface area contributed by atoms with E-state index < -0.39 is 0 Å². The van der Waals surface area contributed by atoms with Gasteiger partial charge in [0.25, 0.3) is 5.91 Å². The second-order valence-electron chi connectivity index (χ2n) is 5.53. The lowest BCUT2D eigenvalue weighted by Crippen LogP contribution is -2.38. The largest absolute Gasteiger partial charge is 0.357 e. The van der Waals surface area contributed by atoms with Crippen molar-refractivity contribution in [3.05, 3.63) is 47.0 Å². The van der Waals surface area contributed by atoms with E-state index in [9.17, 15) is 4.79 Å². The van der Waals surface area contributed by atoms with Crippen LogP contribution in [0.4, 0.5) is 0 Å². The molecule has 106 valence electrons. The Balaban J connectivity index is 1.72. The Morgan fingerprint density at radius 1 is 1.20 bits per heavy atom. The number of benzene rings is 1. The molecule has 0 spiro atoms. The molecule has 3 rings (SSSR count). The van der Waals surface area contributed by atoms with E-state index in [0.29, 0.717) is 0 Å².